The highest BCUT2D eigenvalue weighted by molar-refractivity contribution is 5.48. The van der Waals surface area contributed by atoms with Gasteiger partial charge in [-0.1, -0.05) is 40.5 Å². The molecule has 3 atom stereocenters. The third-order valence-corrected chi connectivity index (χ3v) is 4.56. The Morgan fingerprint density at radius 2 is 1.85 bits per heavy atom. The molecule has 0 radical (unpaired) electrons. The van der Waals surface area contributed by atoms with Crippen LogP contribution in [-0.4, -0.2) is 23.1 Å². The van der Waals surface area contributed by atoms with Gasteiger partial charge in [-0.25, -0.2) is 9.97 Å². The molecule has 1 aliphatic rings. The van der Waals surface area contributed by atoms with E-state index >= 15 is 0 Å². The average molecular weight is 276 g/mol. The molecule has 1 heterocycles. The number of anilines is 2. The monoisotopic (exact) mass is 276 g/mol. The van der Waals surface area contributed by atoms with Crippen LogP contribution in [0.5, 0.6) is 0 Å². The number of aromatic nitrogens is 2. The minimum absolute atomic E-state index is 0.339. The third-order valence-electron chi connectivity index (χ3n) is 4.56. The summed E-state index contributed by atoms with van der Waals surface area (Å²) in [6, 6.07) is 2.54. The molecule has 1 aliphatic carbocycles. The lowest BCUT2D eigenvalue weighted by atomic mass is 9.78. The topological polar surface area (TPSA) is 49.8 Å². The van der Waals surface area contributed by atoms with Crippen molar-refractivity contribution in [1.82, 2.24) is 9.97 Å². The van der Waals surface area contributed by atoms with Gasteiger partial charge in [-0.3, -0.25) is 0 Å². The summed E-state index contributed by atoms with van der Waals surface area (Å²) in [6.07, 6.45) is 3.90. The Morgan fingerprint density at radius 3 is 2.50 bits per heavy atom. The van der Waals surface area contributed by atoms with Crippen LogP contribution in [0.25, 0.3) is 0 Å². The highest BCUT2D eigenvalue weighted by Crippen LogP contribution is 2.31. The van der Waals surface area contributed by atoms with Crippen LogP contribution in [0.2, 0.25) is 0 Å². The van der Waals surface area contributed by atoms with Gasteiger partial charge in [-0.05, 0) is 18.3 Å². The van der Waals surface area contributed by atoms with Crippen molar-refractivity contribution >= 4 is 11.6 Å². The lowest BCUT2D eigenvalue weighted by molar-refractivity contribution is 0.253. The predicted octanol–water partition coefficient (Wildman–Crippen LogP) is 3.88. The van der Waals surface area contributed by atoms with Crippen molar-refractivity contribution in [3.05, 3.63) is 11.9 Å². The van der Waals surface area contributed by atoms with Crippen LogP contribution in [0, 0.1) is 11.8 Å². The van der Waals surface area contributed by atoms with E-state index in [-0.39, 0.29) is 0 Å². The molecule has 1 aromatic heterocycles. The van der Waals surface area contributed by atoms with E-state index in [0.717, 1.165) is 23.4 Å². The van der Waals surface area contributed by atoms with Gasteiger partial charge in [0, 0.05) is 25.1 Å². The van der Waals surface area contributed by atoms with Crippen LogP contribution in [0.3, 0.4) is 0 Å². The zero-order chi connectivity index (χ0) is 14.7. The maximum absolute atomic E-state index is 4.67. The van der Waals surface area contributed by atoms with Crippen molar-refractivity contribution in [2.45, 2.75) is 58.9 Å². The summed E-state index contributed by atoms with van der Waals surface area (Å²) in [4.78, 5) is 9.19. The van der Waals surface area contributed by atoms with Crippen molar-refractivity contribution in [3.8, 4) is 0 Å². The molecule has 0 bridgehead atoms. The van der Waals surface area contributed by atoms with Crippen LogP contribution >= 0.6 is 0 Å². The molecule has 1 fully saturated rings. The summed E-state index contributed by atoms with van der Waals surface area (Å²) in [7, 11) is 1.90. The number of hydrogen-bond acceptors (Lipinski definition) is 4. The summed E-state index contributed by atoms with van der Waals surface area (Å²) in [5.74, 6) is 4.57. The minimum Gasteiger partial charge on any atom is -0.373 e. The number of nitrogens with one attached hydrogen (secondary N) is 2. The normalized spacial score (nSPS) is 26.6. The summed E-state index contributed by atoms with van der Waals surface area (Å²) in [5, 5.41) is 6.77. The van der Waals surface area contributed by atoms with Crippen molar-refractivity contribution in [2.75, 3.05) is 17.7 Å². The number of rotatable bonds is 4. The summed E-state index contributed by atoms with van der Waals surface area (Å²) < 4.78 is 0. The number of nitrogens with zero attached hydrogens (tertiary/aromatic N) is 2. The molecule has 20 heavy (non-hydrogen) atoms. The van der Waals surface area contributed by atoms with Crippen LogP contribution in [-0.2, 0) is 0 Å². The van der Waals surface area contributed by atoms with Gasteiger partial charge in [0.25, 0.3) is 0 Å². The van der Waals surface area contributed by atoms with Gasteiger partial charge in [0.05, 0.1) is 0 Å². The molecule has 4 nitrogen and oxygen atoms in total. The molecule has 0 saturated heterocycles. The van der Waals surface area contributed by atoms with Crippen LogP contribution in [0.1, 0.15) is 58.7 Å². The van der Waals surface area contributed by atoms with Gasteiger partial charge < -0.3 is 10.6 Å². The smallest absolute Gasteiger partial charge is 0.135 e. The van der Waals surface area contributed by atoms with E-state index in [2.05, 4.69) is 48.3 Å². The highest BCUT2D eigenvalue weighted by atomic mass is 15.1. The van der Waals surface area contributed by atoms with Crippen molar-refractivity contribution in [1.29, 1.82) is 0 Å². The quantitative estimate of drug-likeness (QED) is 0.876. The van der Waals surface area contributed by atoms with Crippen molar-refractivity contribution in [2.24, 2.45) is 11.8 Å². The first-order valence-corrected chi connectivity index (χ1v) is 7.84. The Labute approximate surface area is 122 Å². The highest BCUT2D eigenvalue weighted by Gasteiger charge is 2.27. The Balaban J connectivity index is 2.17. The Hall–Kier alpha value is -1.32. The van der Waals surface area contributed by atoms with Gasteiger partial charge in [0.15, 0.2) is 0 Å². The molecule has 0 aromatic carbocycles. The van der Waals surface area contributed by atoms with Gasteiger partial charge in [0.1, 0.15) is 17.5 Å². The zero-order valence-corrected chi connectivity index (χ0v) is 13.4. The largest absolute Gasteiger partial charge is 0.373 e. The Kier molecular flexibility index (Phi) is 4.84. The lowest BCUT2D eigenvalue weighted by Gasteiger charge is -2.35. The molecule has 3 unspecified atom stereocenters. The standard InChI is InChI=1S/C16H28N4/c1-10(2)16-19-14(17-5)9-15(20-16)18-13-8-6-7-11(3)12(13)4/h9-13H,6-8H2,1-5H3,(H2,17,18,19,20). The second-order valence-electron chi connectivity index (χ2n) is 6.42. The van der Waals surface area contributed by atoms with Gasteiger partial charge in [0.2, 0.25) is 0 Å². The average Bonchev–Trinajstić information content (AvgIpc) is 2.43. The molecule has 4 heteroatoms. The zero-order valence-electron chi connectivity index (χ0n) is 13.4. The first kappa shape index (κ1) is 15.1. The maximum Gasteiger partial charge on any atom is 0.135 e. The SMILES string of the molecule is CNc1cc(NC2CCCC(C)C2C)nc(C(C)C)n1. The molecule has 0 aliphatic heterocycles. The van der Waals surface area contributed by atoms with Gasteiger partial charge in [-0.2, -0.15) is 0 Å². The molecular formula is C16H28N4. The molecule has 2 rings (SSSR count). The minimum atomic E-state index is 0.339. The first-order valence-electron chi connectivity index (χ1n) is 7.84. The molecule has 112 valence electrons. The Bertz CT molecular complexity index is 444. The van der Waals surface area contributed by atoms with E-state index in [1.54, 1.807) is 0 Å². The van der Waals surface area contributed by atoms with Gasteiger partial charge >= 0.3 is 0 Å². The Morgan fingerprint density at radius 1 is 1.15 bits per heavy atom. The molecule has 0 amide bonds. The van der Waals surface area contributed by atoms with E-state index in [1.165, 1.54) is 19.3 Å². The second-order valence-corrected chi connectivity index (χ2v) is 6.42. The van der Waals surface area contributed by atoms with Gasteiger partial charge in [-0.15, -0.1) is 0 Å². The van der Waals surface area contributed by atoms with Crippen molar-refractivity contribution in [3.63, 3.8) is 0 Å². The molecule has 1 saturated carbocycles. The van der Waals surface area contributed by atoms with E-state index in [4.69, 9.17) is 0 Å². The van der Waals surface area contributed by atoms with Crippen LogP contribution in [0.4, 0.5) is 11.6 Å². The summed E-state index contributed by atoms with van der Waals surface area (Å²) in [5.41, 5.74) is 0. The van der Waals surface area contributed by atoms with Crippen LogP contribution in [0.15, 0.2) is 6.07 Å². The van der Waals surface area contributed by atoms with E-state index in [9.17, 15) is 0 Å². The molecular weight excluding hydrogens is 248 g/mol. The van der Waals surface area contributed by atoms with E-state index in [1.807, 2.05) is 13.1 Å². The fourth-order valence-electron chi connectivity index (χ4n) is 2.90. The summed E-state index contributed by atoms with van der Waals surface area (Å²) >= 11 is 0. The fraction of sp³-hybridized carbons (Fsp3) is 0.750. The van der Waals surface area contributed by atoms with Crippen molar-refractivity contribution < 1.29 is 0 Å². The fourth-order valence-corrected chi connectivity index (χ4v) is 2.90. The second kappa shape index (κ2) is 6.42. The lowest BCUT2D eigenvalue weighted by Crippen LogP contribution is -2.35. The number of hydrogen-bond donors (Lipinski definition) is 2. The molecule has 2 N–H and O–H groups in total. The predicted molar refractivity (Wildman–Crippen MR) is 85.3 cm³/mol. The van der Waals surface area contributed by atoms with Crippen LogP contribution < -0.4 is 10.6 Å². The third kappa shape index (κ3) is 3.41. The van der Waals surface area contributed by atoms with E-state index < -0.39 is 0 Å². The molecule has 0 spiro atoms. The summed E-state index contributed by atoms with van der Waals surface area (Å²) in [6.45, 7) is 8.97. The van der Waals surface area contributed by atoms with E-state index in [0.29, 0.717) is 17.9 Å². The first-order chi connectivity index (χ1) is 9.51. The maximum atomic E-state index is 4.67. The molecule has 1 aromatic rings.